The van der Waals surface area contributed by atoms with Crippen molar-refractivity contribution in [2.45, 2.75) is 70.3 Å². The van der Waals surface area contributed by atoms with Gasteiger partial charge in [-0.25, -0.2) is 4.98 Å². The van der Waals surface area contributed by atoms with Crippen LogP contribution >= 0.6 is 0 Å². The molecule has 1 atom stereocenters. The van der Waals surface area contributed by atoms with Crippen LogP contribution in [0.4, 0.5) is 0 Å². The van der Waals surface area contributed by atoms with Crippen LogP contribution in [0.25, 0.3) is 0 Å². The first kappa shape index (κ1) is 12.9. The fourth-order valence-corrected chi connectivity index (χ4v) is 5.84. The molecule has 4 fully saturated rings. The molecule has 0 aliphatic heterocycles. The Balaban J connectivity index is 1.68. The number of aryl methyl sites for hydroxylation is 1. The molecule has 4 saturated carbocycles. The molecular formula is C17H27N3. The molecular weight excluding hydrogens is 246 g/mol. The summed E-state index contributed by atoms with van der Waals surface area (Å²) in [5, 5.41) is 0. The molecule has 0 amide bonds. The highest BCUT2D eigenvalue weighted by Crippen LogP contribution is 2.60. The lowest BCUT2D eigenvalue weighted by Gasteiger charge is -2.56. The predicted octanol–water partition coefficient (Wildman–Crippen LogP) is 3.08. The van der Waals surface area contributed by atoms with Gasteiger partial charge in [0.15, 0.2) is 0 Å². The van der Waals surface area contributed by atoms with E-state index in [0.717, 1.165) is 30.0 Å². The second kappa shape index (κ2) is 4.33. The molecule has 110 valence electrons. The highest BCUT2D eigenvalue weighted by molar-refractivity contribution is 5.28. The van der Waals surface area contributed by atoms with Gasteiger partial charge in [0.25, 0.3) is 0 Å². The summed E-state index contributed by atoms with van der Waals surface area (Å²) in [4.78, 5) is 8.51. The summed E-state index contributed by atoms with van der Waals surface area (Å²) in [6.45, 7) is 4.27. The van der Waals surface area contributed by atoms with Gasteiger partial charge in [0.1, 0.15) is 5.82 Å². The van der Waals surface area contributed by atoms with Crippen LogP contribution in [0.5, 0.6) is 0 Å². The maximum atomic E-state index is 5.93. The molecule has 20 heavy (non-hydrogen) atoms. The van der Waals surface area contributed by atoms with Gasteiger partial charge in [-0.05, 0) is 70.1 Å². The van der Waals surface area contributed by atoms with Gasteiger partial charge in [-0.2, -0.15) is 0 Å². The number of imidazole rings is 1. The maximum absolute atomic E-state index is 5.93. The Hall–Kier alpha value is -0.830. The van der Waals surface area contributed by atoms with Gasteiger partial charge in [0, 0.05) is 23.6 Å². The van der Waals surface area contributed by atoms with E-state index in [4.69, 9.17) is 10.7 Å². The number of nitrogens with two attached hydrogens (primary N) is 1. The Morgan fingerprint density at radius 3 is 2.25 bits per heavy atom. The largest absolute Gasteiger partial charge is 0.346 e. The average Bonchev–Trinajstić information content (AvgIpc) is 2.68. The minimum absolute atomic E-state index is 0.185. The van der Waals surface area contributed by atoms with Crippen LogP contribution in [-0.2, 0) is 11.8 Å². The third-order valence-corrected chi connectivity index (χ3v) is 5.99. The van der Waals surface area contributed by atoms with E-state index < -0.39 is 0 Å². The molecule has 4 bridgehead atoms. The molecule has 1 aromatic rings. The zero-order valence-electron chi connectivity index (χ0n) is 12.8. The molecule has 5 rings (SSSR count). The van der Waals surface area contributed by atoms with Crippen molar-refractivity contribution in [3.8, 4) is 0 Å². The molecule has 3 N–H and O–H groups in total. The standard InChI is InChI=1S/C17H27N3/c1-10(18)3-15-19-11(2)16(20-15)17-7-12-4-13(8-17)6-14(5-12)9-17/h10,12-14H,3-9,18H2,1-2H3,(H,19,20). The molecule has 3 heteroatoms. The molecule has 1 heterocycles. The number of nitrogens with one attached hydrogen (secondary N) is 1. The van der Waals surface area contributed by atoms with Crippen LogP contribution < -0.4 is 5.73 Å². The number of nitrogens with zero attached hydrogens (tertiary/aromatic N) is 1. The normalized spacial score (nSPS) is 40.2. The molecule has 0 spiro atoms. The van der Waals surface area contributed by atoms with E-state index in [1.54, 1.807) is 0 Å². The van der Waals surface area contributed by atoms with Crippen molar-refractivity contribution in [2.75, 3.05) is 0 Å². The van der Waals surface area contributed by atoms with Crippen molar-refractivity contribution in [1.82, 2.24) is 9.97 Å². The minimum Gasteiger partial charge on any atom is -0.346 e. The van der Waals surface area contributed by atoms with Gasteiger partial charge >= 0.3 is 0 Å². The highest BCUT2D eigenvalue weighted by Gasteiger charge is 2.53. The van der Waals surface area contributed by atoms with E-state index in [1.165, 1.54) is 49.9 Å². The Kier molecular flexibility index (Phi) is 2.79. The smallest absolute Gasteiger partial charge is 0.108 e. The lowest BCUT2D eigenvalue weighted by atomic mass is 9.48. The van der Waals surface area contributed by atoms with Crippen LogP contribution in [-0.4, -0.2) is 16.0 Å². The summed E-state index contributed by atoms with van der Waals surface area (Å²) in [7, 11) is 0. The number of hydrogen-bond donors (Lipinski definition) is 2. The first-order chi connectivity index (χ1) is 9.54. The van der Waals surface area contributed by atoms with Crippen molar-refractivity contribution in [3.63, 3.8) is 0 Å². The fraction of sp³-hybridized carbons (Fsp3) is 0.824. The van der Waals surface area contributed by atoms with Gasteiger partial charge in [-0.1, -0.05) is 0 Å². The lowest BCUT2D eigenvalue weighted by molar-refractivity contribution is -0.00735. The predicted molar refractivity (Wildman–Crippen MR) is 80.5 cm³/mol. The first-order valence-electron chi connectivity index (χ1n) is 8.35. The topological polar surface area (TPSA) is 54.7 Å². The second-order valence-corrected chi connectivity index (χ2v) is 8.04. The van der Waals surface area contributed by atoms with E-state index in [-0.39, 0.29) is 6.04 Å². The van der Waals surface area contributed by atoms with Gasteiger partial charge in [-0.3, -0.25) is 0 Å². The van der Waals surface area contributed by atoms with Crippen LogP contribution in [0.15, 0.2) is 0 Å². The van der Waals surface area contributed by atoms with Crippen molar-refractivity contribution in [2.24, 2.45) is 23.5 Å². The zero-order valence-corrected chi connectivity index (χ0v) is 12.8. The van der Waals surface area contributed by atoms with Crippen LogP contribution in [0.2, 0.25) is 0 Å². The third-order valence-electron chi connectivity index (χ3n) is 5.99. The summed E-state index contributed by atoms with van der Waals surface area (Å²) >= 11 is 0. The Morgan fingerprint density at radius 1 is 1.20 bits per heavy atom. The quantitative estimate of drug-likeness (QED) is 0.889. The Bertz CT molecular complexity index is 479. The molecule has 3 nitrogen and oxygen atoms in total. The van der Waals surface area contributed by atoms with Crippen molar-refractivity contribution >= 4 is 0 Å². The SMILES string of the molecule is Cc1[nH]c(CC(C)N)nc1C12CC3CC(CC(C3)C1)C2. The number of aromatic nitrogens is 2. The molecule has 1 aromatic heterocycles. The zero-order chi connectivity index (χ0) is 13.9. The summed E-state index contributed by atoms with van der Waals surface area (Å²) in [5.41, 5.74) is 9.04. The summed E-state index contributed by atoms with van der Waals surface area (Å²) in [6.07, 6.45) is 9.53. The fourth-order valence-electron chi connectivity index (χ4n) is 5.84. The Labute approximate surface area is 121 Å². The third kappa shape index (κ3) is 1.93. The molecule has 0 saturated heterocycles. The molecule has 0 aromatic carbocycles. The molecule has 4 aliphatic rings. The molecule has 1 unspecified atom stereocenters. The van der Waals surface area contributed by atoms with Gasteiger partial charge < -0.3 is 10.7 Å². The van der Waals surface area contributed by atoms with Gasteiger partial charge in [-0.15, -0.1) is 0 Å². The number of H-pyrrole nitrogens is 1. The van der Waals surface area contributed by atoms with Crippen molar-refractivity contribution < 1.29 is 0 Å². The van der Waals surface area contributed by atoms with Crippen molar-refractivity contribution in [3.05, 3.63) is 17.2 Å². The maximum Gasteiger partial charge on any atom is 0.108 e. The van der Waals surface area contributed by atoms with E-state index in [2.05, 4.69) is 18.8 Å². The van der Waals surface area contributed by atoms with Crippen LogP contribution in [0.1, 0.15) is 62.7 Å². The van der Waals surface area contributed by atoms with Crippen LogP contribution in [0.3, 0.4) is 0 Å². The van der Waals surface area contributed by atoms with Crippen molar-refractivity contribution in [1.29, 1.82) is 0 Å². The summed E-state index contributed by atoms with van der Waals surface area (Å²) < 4.78 is 0. The minimum atomic E-state index is 0.185. The summed E-state index contributed by atoms with van der Waals surface area (Å²) in [6, 6.07) is 0.185. The van der Waals surface area contributed by atoms with E-state index >= 15 is 0 Å². The average molecular weight is 273 g/mol. The second-order valence-electron chi connectivity index (χ2n) is 8.04. The number of aromatic amines is 1. The monoisotopic (exact) mass is 273 g/mol. The number of rotatable bonds is 3. The number of hydrogen-bond acceptors (Lipinski definition) is 2. The molecule has 0 radical (unpaired) electrons. The summed E-state index contributed by atoms with van der Waals surface area (Å²) in [5.74, 6) is 4.04. The molecule has 4 aliphatic carbocycles. The van der Waals surface area contributed by atoms with E-state index in [9.17, 15) is 0 Å². The van der Waals surface area contributed by atoms with E-state index in [0.29, 0.717) is 5.41 Å². The first-order valence-corrected chi connectivity index (χ1v) is 8.35. The Morgan fingerprint density at radius 2 is 1.75 bits per heavy atom. The lowest BCUT2D eigenvalue weighted by Crippen LogP contribution is -2.49. The van der Waals surface area contributed by atoms with Gasteiger partial charge in [0.2, 0.25) is 0 Å². The highest BCUT2D eigenvalue weighted by atomic mass is 15.0. The van der Waals surface area contributed by atoms with Gasteiger partial charge in [0.05, 0.1) is 5.69 Å². The van der Waals surface area contributed by atoms with E-state index in [1.807, 2.05) is 0 Å². The van der Waals surface area contributed by atoms with Crippen LogP contribution in [0, 0.1) is 24.7 Å².